The van der Waals surface area contributed by atoms with Crippen LogP contribution in [0.25, 0.3) is 0 Å². The number of rotatable bonds is 2. The summed E-state index contributed by atoms with van der Waals surface area (Å²) in [6.07, 6.45) is 1.82. The fourth-order valence-corrected chi connectivity index (χ4v) is 2.14. The summed E-state index contributed by atoms with van der Waals surface area (Å²) >= 11 is 5.87. The summed E-state index contributed by atoms with van der Waals surface area (Å²) in [6.45, 7) is 2.62. The van der Waals surface area contributed by atoms with Gasteiger partial charge in [0, 0.05) is 24.1 Å². The van der Waals surface area contributed by atoms with E-state index in [1.807, 2.05) is 19.2 Å². The SMILES string of the molecule is CCCC#CC1CN(C)N=C(c2ccc(Cl)cc2)C1=O. The summed E-state index contributed by atoms with van der Waals surface area (Å²) in [7, 11) is 1.86. The molecule has 1 aliphatic heterocycles. The molecule has 0 saturated carbocycles. The van der Waals surface area contributed by atoms with Crippen LogP contribution in [0.2, 0.25) is 5.02 Å². The minimum Gasteiger partial charge on any atom is -0.298 e. The lowest BCUT2D eigenvalue weighted by Gasteiger charge is -2.24. The van der Waals surface area contributed by atoms with Gasteiger partial charge in [0.05, 0.1) is 6.54 Å². The third-order valence-corrected chi connectivity index (χ3v) is 3.29. The number of hydrazone groups is 1. The zero-order valence-corrected chi connectivity index (χ0v) is 12.4. The van der Waals surface area contributed by atoms with Crippen LogP contribution in [-0.2, 0) is 4.79 Å². The van der Waals surface area contributed by atoms with E-state index in [2.05, 4.69) is 23.9 Å². The van der Waals surface area contributed by atoms with E-state index in [0.29, 0.717) is 17.3 Å². The predicted molar refractivity (Wildman–Crippen MR) is 81.8 cm³/mol. The Kier molecular flexibility index (Phi) is 4.81. The van der Waals surface area contributed by atoms with Gasteiger partial charge in [-0.25, -0.2) is 0 Å². The molecule has 0 aliphatic carbocycles. The first-order valence-corrected chi connectivity index (χ1v) is 7.08. The van der Waals surface area contributed by atoms with Crippen LogP contribution in [0.3, 0.4) is 0 Å². The van der Waals surface area contributed by atoms with E-state index >= 15 is 0 Å². The number of hydrogen-bond donors (Lipinski definition) is 0. The number of Topliss-reactive ketones (excluding diaryl/α,β-unsaturated/α-hetero) is 1. The van der Waals surface area contributed by atoms with Crippen molar-refractivity contribution in [3.8, 4) is 11.8 Å². The van der Waals surface area contributed by atoms with Crippen molar-refractivity contribution in [1.82, 2.24) is 5.01 Å². The molecule has 20 heavy (non-hydrogen) atoms. The van der Waals surface area contributed by atoms with E-state index in [1.165, 1.54) is 0 Å². The van der Waals surface area contributed by atoms with Gasteiger partial charge in [-0.3, -0.25) is 9.80 Å². The summed E-state index contributed by atoms with van der Waals surface area (Å²) in [6, 6.07) is 7.15. The number of ketones is 1. The maximum atomic E-state index is 12.5. The fourth-order valence-electron chi connectivity index (χ4n) is 2.01. The van der Waals surface area contributed by atoms with Crippen molar-refractivity contribution < 1.29 is 4.79 Å². The molecule has 1 atom stereocenters. The molecule has 0 N–H and O–H groups in total. The number of nitrogens with zero attached hydrogens (tertiary/aromatic N) is 2. The molecule has 104 valence electrons. The van der Waals surface area contributed by atoms with Crippen LogP contribution in [0.15, 0.2) is 29.4 Å². The standard InChI is InChI=1S/C16H17ClN2O/c1-3-4-5-6-13-11-19(2)18-15(16(13)20)12-7-9-14(17)10-8-12/h7-10,13H,3-4,11H2,1-2H3. The van der Waals surface area contributed by atoms with E-state index in [0.717, 1.165) is 18.4 Å². The molecule has 4 heteroatoms. The van der Waals surface area contributed by atoms with Crippen LogP contribution < -0.4 is 0 Å². The predicted octanol–water partition coefficient (Wildman–Crippen LogP) is 2.98. The minimum absolute atomic E-state index is 0.00553. The number of benzene rings is 1. The van der Waals surface area contributed by atoms with Gasteiger partial charge in [-0.05, 0) is 18.6 Å². The van der Waals surface area contributed by atoms with Gasteiger partial charge in [-0.2, -0.15) is 5.10 Å². The van der Waals surface area contributed by atoms with Crippen LogP contribution in [0.1, 0.15) is 25.3 Å². The molecule has 3 nitrogen and oxygen atoms in total. The highest BCUT2D eigenvalue weighted by molar-refractivity contribution is 6.47. The summed E-state index contributed by atoms with van der Waals surface area (Å²) in [5.41, 5.74) is 1.25. The van der Waals surface area contributed by atoms with Gasteiger partial charge in [0.15, 0.2) is 5.78 Å². The maximum absolute atomic E-state index is 12.5. The second kappa shape index (κ2) is 6.58. The average molecular weight is 289 g/mol. The molecular weight excluding hydrogens is 272 g/mol. The Morgan fingerprint density at radius 3 is 2.75 bits per heavy atom. The number of hydrogen-bond acceptors (Lipinski definition) is 3. The molecule has 2 rings (SSSR count). The second-order valence-corrected chi connectivity index (χ2v) is 5.22. The minimum atomic E-state index is -0.297. The Hall–Kier alpha value is -1.79. The third kappa shape index (κ3) is 3.40. The van der Waals surface area contributed by atoms with Crippen LogP contribution in [0, 0.1) is 17.8 Å². The Labute approximate surface area is 124 Å². The van der Waals surface area contributed by atoms with Gasteiger partial charge in [0.2, 0.25) is 0 Å². The number of unbranched alkanes of at least 4 members (excludes halogenated alkanes) is 1. The van der Waals surface area contributed by atoms with Crippen LogP contribution in [0.5, 0.6) is 0 Å². The molecule has 1 heterocycles. The molecular formula is C16H17ClN2O. The van der Waals surface area contributed by atoms with E-state index in [9.17, 15) is 4.79 Å². The van der Waals surface area contributed by atoms with Gasteiger partial charge in [-0.15, -0.1) is 5.92 Å². The maximum Gasteiger partial charge on any atom is 0.200 e. The van der Waals surface area contributed by atoms with Crippen LogP contribution in [0.4, 0.5) is 0 Å². The van der Waals surface area contributed by atoms with Crippen molar-refractivity contribution in [2.75, 3.05) is 13.6 Å². The smallest absolute Gasteiger partial charge is 0.200 e. The van der Waals surface area contributed by atoms with Crippen LogP contribution >= 0.6 is 11.6 Å². The van der Waals surface area contributed by atoms with Gasteiger partial charge in [-0.1, -0.05) is 36.6 Å². The Morgan fingerprint density at radius 1 is 1.40 bits per heavy atom. The highest BCUT2D eigenvalue weighted by Gasteiger charge is 2.28. The number of carbonyl (C=O) groups excluding carboxylic acids is 1. The molecule has 1 aromatic carbocycles. The zero-order valence-electron chi connectivity index (χ0n) is 11.7. The Bertz CT molecular complexity index is 581. The first kappa shape index (κ1) is 14.6. The highest BCUT2D eigenvalue weighted by atomic mass is 35.5. The molecule has 1 unspecified atom stereocenters. The second-order valence-electron chi connectivity index (χ2n) is 4.78. The zero-order chi connectivity index (χ0) is 14.5. The summed E-state index contributed by atoms with van der Waals surface area (Å²) < 4.78 is 0. The molecule has 0 bridgehead atoms. The summed E-state index contributed by atoms with van der Waals surface area (Å²) in [4.78, 5) is 12.5. The molecule has 0 spiro atoms. The molecule has 1 aliphatic rings. The molecule has 0 saturated heterocycles. The summed E-state index contributed by atoms with van der Waals surface area (Å²) in [5, 5.41) is 6.75. The number of halogens is 1. The highest BCUT2D eigenvalue weighted by Crippen LogP contribution is 2.17. The lowest BCUT2D eigenvalue weighted by Crippen LogP contribution is -2.38. The topological polar surface area (TPSA) is 32.7 Å². The molecule has 0 aromatic heterocycles. The fraction of sp³-hybridized carbons (Fsp3) is 0.375. The van der Waals surface area contributed by atoms with Gasteiger partial charge in [0.1, 0.15) is 11.6 Å². The van der Waals surface area contributed by atoms with E-state index < -0.39 is 0 Å². The summed E-state index contributed by atoms with van der Waals surface area (Å²) in [5.74, 6) is 5.83. The van der Waals surface area contributed by atoms with Crippen molar-refractivity contribution in [2.24, 2.45) is 11.0 Å². The van der Waals surface area contributed by atoms with E-state index in [-0.39, 0.29) is 11.7 Å². The molecule has 0 radical (unpaired) electrons. The normalized spacial score (nSPS) is 18.4. The third-order valence-electron chi connectivity index (χ3n) is 3.04. The Morgan fingerprint density at radius 2 is 2.10 bits per heavy atom. The monoisotopic (exact) mass is 288 g/mol. The Balaban J connectivity index is 2.27. The van der Waals surface area contributed by atoms with Crippen molar-refractivity contribution in [2.45, 2.75) is 19.8 Å². The largest absolute Gasteiger partial charge is 0.298 e. The quantitative estimate of drug-likeness (QED) is 0.784. The van der Waals surface area contributed by atoms with Gasteiger partial charge in [0.25, 0.3) is 0 Å². The molecule has 0 amide bonds. The lowest BCUT2D eigenvalue weighted by atomic mass is 9.94. The lowest BCUT2D eigenvalue weighted by molar-refractivity contribution is -0.116. The first-order chi connectivity index (χ1) is 9.61. The van der Waals surface area contributed by atoms with E-state index in [1.54, 1.807) is 17.1 Å². The van der Waals surface area contributed by atoms with Crippen molar-refractivity contribution in [3.05, 3.63) is 34.9 Å². The van der Waals surface area contributed by atoms with Crippen molar-refractivity contribution in [1.29, 1.82) is 0 Å². The molecule has 0 fully saturated rings. The van der Waals surface area contributed by atoms with Crippen LogP contribution in [-0.4, -0.2) is 30.1 Å². The van der Waals surface area contributed by atoms with Gasteiger partial charge < -0.3 is 0 Å². The molecule has 1 aromatic rings. The van der Waals surface area contributed by atoms with Crippen molar-refractivity contribution >= 4 is 23.1 Å². The number of carbonyl (C=O) groups is 1. The van der Waals surface area contributed by atoms with Gasteiger partial charge >= 0.3 is 0 Å². The first-order valence-electron chi connectivity index (χ1n) is 6.70. The average Bonchev–Trinajstić information content (AvgIpc) is 2.43. The van der Waals surface area contributed by atoms with E-state index in [4.69, 9.17) is 11.6 Å². The van der Waals surface area contributed by atoms with Crippen molar-refractivity contribution in [3.63, 3.8) is 0 Å².